The molecule has 0 heterocycles. The lowest BCUT2D eigenvalue weighted by molar-refractivity contribution is -0.139. The summed E-state index contributed by atoms with van der Waals surface area (Å²) in [6, 6.07) is 10.6. The van der Waals surface area contributed by atoms with E-state index in [1.807, 2.05) is 20.8 Å². The van der Waals surface area contributed by atoms with E-state index in [1.165, 1.54) is 23.9 Å². The van der Waals surface area contributed by atoms with Gasteiger partial charge in [0.15, 0.2) is 0 Å². The maximum absolute atomic E-state index is 13.2. The molecular formula is C23H27Cl2FN2O2S. The molecule has 31 heavy (non-hydrogen) atoms. The molecule has 0 unspecified atom stereocenters. The fourth-order valence-corrected chi connectivity index (χ4v) is 4.39. The van der Waals surface area contributed by atoms with Crippen LogP contribution in [0.2, 0.25) is 10.0 Å². The Balaban J connectivity index is 2.16. The first-order valence-corrected chi connectivity index (χ1v) is 12.0. The molecular weight excluding hydrogens is 458 g/mol. The number of hydrogen-bond acceptors (Lipinski definition) is 3. The van der Waals surface area contributed by atoms with Gasteiger partial charge in [0.1, 0.15) is 11.9 Å². The summed E-state index contributed by atoms with van der Waals surface area (Å²) in [5.74, 6) is 0.103. The van der Waals surface area contributed by atoms with Crippen LogP contribution in [0, 0.1) is 5.82 Å². The van der Waals surface area contributed by atoms with E-state index in [0.29, 0.717) is 22.2 Å². The molecule has 1 atom stereocenters. The first-order valence-electron chi connectivity index (χ1n) is 10.1. The molecule has 0 spiro atoms. The van der Waals surface area contributed by atoms with Crippen molar-refractivity contribution in [1.82, 2.24) is 10.2 Å². The molecule has 0 bridgehead atoms. The van der Waals surface area contributed by atoms with Crippen molar-refractivity contribution in [3.8, 4) is 0 Å². The largest absolute Gasteiger partial charge is 0.352 e. The predicted octanol–water partition coefficient (Wildman–Crippen LogP) is 5.70. The van der Waals surface area contributed by atoms with Gasteiger partial charge in [0.05, 0.1) is 5.75 Å². The second-order valence-electron chi connectivity index (χ2n) is 7.46. The average Bonchev–Trinajstić information content (AvgIpc) is 2.70. The summed E-state index contributed by atoms with van der Waals surface area (Å²) in [7, 11) is 0. The molecule has 2 aromatic carbocycles. The molecule has 1 N–H and O–H groups in total. The lowest BCUT2D eigenvalue weighted by Gasteiger charge is -2.31. The SMILES string of the molecule is CC[C@@H](C(=O)NC(C)C)N(Cc1ccc(Cl)cc1Cl)C(=O)CSCc1ccc(F)cc1. The molecule has 0 radical (unpaired) electrons. The number of nitrogens with zero attached hydrogens (tertiary/aromatic N) is 1. The van der Waals surface area contributed by atoms with Gasteiger partial charge in [-0.05, 0) is 55.7 Å². The van der Waals surface area contributed by atoms with Gasteiger partial charge in [-0.25, -0.2) is 4.39 Å². The third kappa shape index (κ3) is 8.02. The molecule has 2 amide bonds. The number of amides is 2. The zero-order valence-corrected chi connectivity index (χ0v) is 20.2. The number of nitrogens with one attached hydrogen (secondary N) is 1. The van der Waals surface area contributed by atoms with Crippen LogP contribution in [-0.2, 0) is 21.9 Å². The monoisotopic (exact) mass is 484 g/mol. The number of hydrogen-bond donors (Lipinski definition) is 1. The molecule has 0 saturated carbocycles. The summed E-state index contributed by atoms with van der Waals surface area (Å²) in [5, 5.41) is 3.85. The van der Waals surface area contributed by atoms with Gasteiger partial charge in [0, 0.05) is 28.4 Å². The van der Waals surface area contributed by atoms with E-state index >= 15 is 0 Å². The van der Waals surface area contributed by atoms with Gasteiger partial charge in [-0.2, -0.15) is 0 Å². The third-order valence-electron chi connectivity index (χ3n) is 4.58. The average molecular weight is 485 g/mol. The Labute approximate surface area is 197 Å². The maximum atomic E-state index is 13.2. The Bertz CT molecular complexity index is 894. The van der Waals surface area contributed by atoms with Crippen molar-refractivity contribution in [2.75, 3.05) is 5.75 Å². The van der Waals surface area contributed by atoms with Gasteiger partial charge in [-0.15, -0.1) is 11.8 Å². The normalized spacial score (nSPS) is 12.0. The van der Waals surface area contributed by atoms with Crippen LogP contribution in [0.15, 0.2) is 42.5 Å². The van der Waals surface area contributed by atoms with Gasteiger partial charge in [-0.3, -0.25) is 9.59 Å². The van der Waals surface area contributed by atoms with Crippen LogP contribution in [-0.4, -0.2) is 34.6 Å². The molecule has 0 aliphatic rings. The minimum Gasteiger partial charge on any atom is -0.352 e. The second-order valence-corrected chi connectivity index (χ2v) is 9.29. The third-order valence-corrected chi connectivity index (χ3v) is 6.16. The zero-order valence-electron chi connectivity index (χ0n) is 17.8. The number of halogens is 3. The first kappa shape index (κ1) is 25.5. The highest BCUT2D eigenvalue weighted by molar-refractivity contribution is 7.99. The van der Waals surface area contributed by atoms with Gasteiger partial charge < -0.3 is 10.2 Å². The first-order chi connectivity index (χ1) is 14.7. The van der Waals surface area contributed by atoms with Crippen LogP contribution in [0.4, 0.5) is 4.39 Å². The summed E-state index contributed by atoms with van der Waals surface area (Å²) in [6.07, 6.45) is 0.470. The molecule has 0 saturated heterocycles. The Hall–Kier alpha value is -1.76. The Morgan fingerprint density at radius 2 is 1.81 bits per heavy atom. The van der Waals surface area contributed by atoms with Crippen molar-refractivity contribution in [3.05, 3.63) is 69.5 Å². The molecule has 168 valence electrons. The molecule has 8 heteroatoms. The van der Waals surface area contributed by atoms with E-state index in [4.69, 9.17) is 23.2 Å². The highest BCUT2D eigenvalue weighted by Crippen LogP contribution is 2.24. The van der Waals surface area contributed by atoms with Crippen molar-refractivity contribution in [3.63, 3.8) is 0 Å². The molecule has 2 aromatic rings. The Morgan fingerprint density at radius 3 is 2.39 bits per heavy atom. The topological polar surface area (TPSA) is 49.4 Å². The molecule has 2 rings (SSSR count). The summed E-state index contributed by atoms with van der Waals surface area (Å²) >= 11 is 13.7. The van der Waals surface area contributed by atoms with Crippen LogP contribution in [0.5, 0.6) is 0 Å². The van der Waals surface area contributed by atoms with Crippen LogP contribution < -0.4 is 5.32 Å². The number of carbonyl (C=O) groups excluding carboxylic acids is 2. The van der Waals surface area contributed by atoms with E-state index in [1.54, 1.807) is 35.2 Å². The number of carbonyl (C=O) groups is 2. The van der Waals surface area contributed by atoms with E-state index in [0.717, 1.165) is 11.1 Å². The van der Waals surface area contributed by atoms with Gasteiger partial charge in [-0.1, -0.05) is 48.3 Å². The fourth-order valence-electron chi connectivity index (χ4n) is 3.05. The lowest BCUT2D eigenvalue weighted by atomic mass is 10.1. The van der Waals surface area contributed by atoms with E-state index in [9.17, 15) is 14.0 Å². The van der Waals surface area contributed by atoms with E-state index < -0.39 is 6.04 Å². The number of benzene rings is 2. The van der Waals surface area contributed by atoms with E-state index in [-0.39, 0.29) is 36.0 Å². The number of rotatable bonds is 10. The van der Waals surface area contributed by atoms with Crippen molar-refractivity contribution in [1.29, 1.82) is 0 Å². The minimum absolute atomic E-state index is 0.0366. The lowest BCUT2D eigenvalue weighted by Crippen LogP contribution is -2.51. The number of thioether (sulfide) groups is 1. The van der Waals surface area contributed by atoms with Crippen molar-refractivity contribution < 1.29 is 14.0 Å². The molecule has 0 aliphatic carbocycles. The quantitative estimate of drug-likeness (QED) is 0.470. The molecule has 0 aromatic heterocycles. The maximum Gasteiger partial charge on any atom is 0.243 e. The van der Waals surface area contributed by atoms with Crippen molar-refractivity contribution in [2.24, 2.45) is 0 Å². The summed E-state index contributed by atoms with van der Waals surface area (Å²) < 4.78 is 13.1. The van der Waals surface area contributed by atoms with Gasteiger partial charge in [0.2, 0.25) is 11.8 Å². The van der Waals surface area contributed by atoms with Crippen molar-refractivity contribution >= 4 is 46.8 Å². The van der Waals surface area contributed by atoms with Crippen LogP contribution >= 0.6 is 35.0 Å². The van der Waals surface area contributed by atoms with E-state index in [2.05, 4.69) is 5.32 Å². The molecule has 0 fully saturated rings. The highest BCUT2D eigenvalue weighted by Gasteiger charge is 2.29. The Kier molecular flexibility index (Phi) is 10.1. The van der Waals surface area contributed by atoms with Gasteiger partial charge in [0.25, 0.3) is 0 Å². The van der Waals surface area contributed by atoms with Crippen molar-refractivity contribution in [2.45, 2.75) is 51.6 Å². The summed E-state index contributed by atoms with van der Waals surface area (Å²) in [4.78, 5) is 27.5. The van der Waals surface area contributed by atoms with Crippen LogP contribution in [0.3, 0.4) is 0 Å². The summed E-state index contributed by atoms with van der Waals surface area (Å²) in [6.45, 7) is 5.84. The highest BCUT2D eigenvalue weighted by atomic mass is 35.5. The summed E-state index contributed by atoms with van der Waals surface area (Å²) in [5.41, 5.74) is 1.65. The smallest absolute Gasteiger partial charge is 0.243 e. The standard InChI is InChI=1S/C23H27Cl2FN2O2S/c1-4-21(23(30)27-15(2)3)28(12-17-7-8-18(24)11-20(17)25)22(29)14-31-13-16-5-9-19(26)10-6-16/h5-11,15,21H,4,12-14H2,1-3H3,(H,27,30)/t21-/m0/s1. The molecule has 0 aliphatic heterocycles. The minimum atomic E-state index is -0.618. The predicted molar refractivity (Wildman–Crippen MR) is 127 cm³/mol. The molecule has 4 nitrogen and oxygen atoms in total. The van der Waals surface area contributed by atoms with Crippen LogP contribution in [0.1, 0.15) is 38.3 Å². The van der Waals surface area contributed by atoms with Gasteiger partial charge >= 0.3 is 0 Å². The zero-order chi connectivity index (χ0) is 23.0. The second kappa shape index (κ2) is 12.3. The Morgan fingerprint density at radius 1 is 1.13 bits per heavy atom. The fraction of sp³-hybridized carbons (Fsp3) is 0.391. The van der Waals surface area contributed by atoms with Crippen LogP contribution in [0.25, 0.3) is 0 Å².